The average Bonchev–Trinajstić information content (AvgIpc) is 2.55. The summed E-state index contributed by atoms with van der Waals surface area (Å²) in [6.45, 7) is 1.95. The van der Waals surface area contributed by atoms with E-state index in [0.717, 1.165) is 5.69 Å². The summed E-state index contributed by atoms with van der Waals surface area (Å²) in [7, 11) is 2.04. The van der Waals surface area contributed by atoms with Crippen LogP contribution in [-0.2, 0) is 4.79 Å². The Bertz CT molecular complexity index is 512. The minimum atomic E-state index is -0.149. The van der Waals surface area contributed by atoms with E-state index < -0.39 is 0 Å². The second kappa shape index (κ2) is 7.24. The molecule has 1 fully saturated rings. The first-order chi connectivity index (χ1) is 10.1. The summed E-state index contributed by atoms with van der Waals surface area (Å²) in [6.07, 6.45) is 6.21. The Hall–Kier alpha value is -1.86. The summed E-state index contributed by atoms with van der Waals surface area (Å²) in [5.74, 6) is 0.00720. The molecule has 1 amide bonds. The molecule has 0 heterocycles. The highest BCUT2D eigenvalue weighted by molar-refractivity contribution is 5.94. The third-order valence-corrected chi connectivity index (χ3v) is 4.42. The van der Waals surface area contributed by atoms with Crippen molar-refractivity contribution in [1.82, 2.24) is 4.90 Å². The number of carbonyl (C=O) groups is 1. The number of nitrogens with one attached hydrogen (secondary N) is 1. The van der Waals surface area contributed by atoms with Crippen LogP contribution in [0.5, 0.6) is 0 Å². The van der Waals surface area contributed by atoms with Gasteiger partial charge in [0.05, 0.1) is 17.7 Å². The van der Waals surface area contributed by atoms with E-state index in [4.69, 9.17) is 5.26 Å². The second-order valence-electron chi connectivity index (χ2n) is 5.81. The molecule has 0 spiro atoms. The van der Waals surface area contributed by atoms with Crippen molar-refractivity contribution in [2.24, 2.45) is 0 Å². The summed E-state index contributed by atoms with van der Waals surface area (Å²) < 4.78 is 0. The molecule has 0 aromatic heterocycles. The van der Waals surface area contributed by atoms with Crippen molar-refractivity contribution in [1.29, 1.82) is 5.26 Å². The van der Waals surface area contributed by atoms with Gasteiger partial charge in [-0.3, -0.25) is 9.69 Å². The van der Waals surface area contributed by atoms with Crippen LogP contribution in [0.1, 0.15) is 44.6 Å². The summed E-state index contributed by atoms with van der Waals surface area (Å²) in [6, 6.07) is 9.40. The number of carbonyl (C=O) groups excluding carboxylic acids is 1. The topological polar surface area (TPSA) is 56.1 Å². The zero-order valence-corrected chi connectivity index (χ0v) is 12.8. The molecule has 0 bridgehead atoms. The summed E-state index contributed by atoms with van der Waals surface area (Å²) >= 11 is 0. The zero-order valence-electron chi connectivity index (χ0n) is 12.8. The van der Waals surface area contributed by atoms with Crippen molar-refractivity contribution < 1.29 is 4.79 Å². The minimum Gasteiger partial charge on any atom is -0.325 e. The fraction of sp³-hybridized carbons (Fsp3) is 0.529. The van der Waals surface area contributed by atoms with Crippen LogP contribution >= 0.6 is 0 Å². The molecule has 1 aromatic carbocycles. The van der Waals surface area contributed by atoms with E-state index >= 15 is 0 Å². The third-order valence-electron chi connectivity index (χ3n) is 4.42. The van der Waals surface area contributed by atoms with Gasteiger partial charge in [-0.05, 0) is 51.1 Å². The Balaban J connectivity index is 1.93. The van der Waals surface area contributed by atoms with Crippen LogP contribution in [0.15, 0.2) is 24.3 Å². The summed E-state index contributed by atoms with van der Waals surface area (Å²) in [5, 5.41) is 11.7. The van der Waals surface area contributed by atoms with Crippen molar-refractivity contribution in [3.8, 4) is 6.07 Å². The predicted octanol–water partition coefficient (Wildman–Crippen LogP) is 3.15. The Morgan fingerprint density at radius 3 is 2.48 bits per heavy atom. The first-order valence-electron chi connectivity index (χ1n) is 7.65. The van der Waals surface area contributed by atoms with Crippen molar-refractivity contribution >= 4 is 11.6 Å². The van der Waals surface area contributed by atoms with Gasteiger partial charge in [-0.1, -0.05) is 19.3 Å². The molecule has 0 aliphatic heterocycles. The second-order valence-corrected chi connectivity index (χ2v) is 5.81. The van der Waals surface area contributed by atoms with Gasteiger partial charge in [-0.15, -0.1) is 0 Å². The molecule has 1 N–H and O–H groups in total. The number of likely N-dealkylation sites (N-methyl/N-ethyl adjacent to an activating group) is 1. The molecule has 1 aliphatic carbocycles. The normalized spacial score (nSPS) is 17.2. The molecule has 4 heteroatoms. The Labute approximate surface area is 126 Å². The molecule has 1 aliphatic rings. The molecule has 4 nitrogen and oxygen atoms in total. The Kier molecular flexibility index (Phi) is 5.35. The predicted molar refractivity (Wildman–Crippen MR) is 83.9 cm³/mol. The maximum atomic E-state index is 12.3. The smallest absolute Gasteiger partial charge is 0.241 e. The van der Waals surface area contributed by atoms with Gasteiger partial charge in [0.25, 0.3) is 0 Å². The molecule has 112 valence electrons. The monoisotopic (exact) mass is 285 g/mol. The number of hydrogen-bond donors (Lipinski definition) is 1. The van der Waals surface area contributed by atoms with E-state index in [1.54, 1.807) is 24.3 Å². The molecule has 21 heavy (non-hydrogen) atoms. The van der Waals surface area contributed by atoms with Crippen LogP contribution < -0.4 is 5.32 Å². The van der Waals surface area contributed by atoms with Gasteiger partial charge in [-0.25, -0.2) is 0 Å². The van der Waals surface area contributed by atoms with E-state index in [2.05, 4.69) is 16.3 Å². The van der Waals surface area contributed by atoms with Crippen LogP contribution in [0.25, 0.3) is 0 Å². The lowest BCUT2D eigenvalue weighted by Gasteiger charge is -2.34. The fourth-order valence-electron chi connectivity index (χ4n) is 2.86. The maximum Gasteiger partial charge on any atom is 0.241 e. The first kappa shape index (κ1) is 15.5. The third kappa shape index (κ3) is 4.05. The lowest BCUT2D eigenvalue weighted by molar-refractivity contribution is -0.121. The van der Waals surface area contributed by atoms with Gasteiger partial charge in [0.1, 0.15) is 0 Å². The van der Waals surface area contributed by atoms with E-state index in [-0.39, 0.29) is 11.9 Å². The quantitative estimate of drug-likeness (QED) is 0.924. The van der Waals surface area contributed by atoms with E-state index in [1.807, 2.05) is 14.0 Å². The molecule has 1 atom stereocenters. The van der Waals surface area contributed by atoms with Gasteiger partial charge in [0.15, 0.2) is 0 Å². The van der Waals surface area contributed by atoms with Crippen molar-refractivity contribution in [3.63, 3.8) is 0 Å². The summed E-state index contributed by atoms with van der Waals surface area (Å²) in [5.41, 5.74) is 1.34. The standard InChI is InChI=1S/C17H23N3O/c1-13(20(2)16-6-4-3-5-7-16)17(21)19-15-10-8-14(12-18)9-11-15/h8-11,13,16H,3-7H2,1-2H3,(H,19,21). The summed E-state index contributed by atoms with van der Waals surface area (Å²) in [4.78, 5) is 14.5. The first-order valence-corrected chi connectivity index (χ1v) is 7.65. The molecular formula is C17H23N3O. The largest absolute Gasteiger partial charge is 0.325 e. The number of hydrogen-bond acceptors (Lipinski definition) is 3. The Morgan fingerprint density at radius 2 is 1.90 bits per heavy atom. The van der Waals surface area contributed by atoms with Crippen LogP contribution in [0.2, 0.25) is 0 Å². The van der Waals surface area contributed by atoms with E-state index in [9.17, 15) is 4.79 Å². The number of anilines is 1. The average molecular weight is 285 g/mol. The van der Waals surface area contributed by atoms with Gasteiger partial charge in [-0.2, -0.15) is 5.26 Å². The van der Waals surface area contributed by atoms with E-state index in [1.165, 1.54) is 32.1 Å². The number of nitrogens with zero attached hydrogens (tertiary/aromatic N) is 2. The molecule has 1 unspecified atom stereocenters. The van der Waals surface area contributed by atoms with Crippen LogP contribution in [0.4, 0.5) is 5.69 Å². The van der Waals surface area contributed by atoms with Crippen molar-refractivity contribution in [2.45, 2.75) is 51.1 Å². The highest BCUT2D eigenvalue weighted by Crippen LogP contribution is 2.23. The number of benzene rings is 1. The van der Waals surface area contributed by atoms with Gasteiger partial charge in [0, 0.05) is 11.7 Å². The molecule has 0 radical (unpaired) electrons. The molecule has 1 aromatic rings. The Morgan fingerprint density at radius 1 is 1.29 bits per heavy atom. The van der Waals surface area contributed by atoms with Crippen LogP contribution in [0.3, 0.4) is 0 Å². The van der Waals surface area contributed by atoms with Crippen molar-refractivity contribution in [2.75, 3.05) is 12.4 Å². The lowest BCUT2D eigenvalue weighted by Crippen LogP contribution is -2.46. The van der Waals surface area contributed by atoms with Crippen LogP contribution in [-0.4, -0.2) is 29.9 Å². The SMILES string of the molecule is CC(C(=O)Nc1ccc(C#N)cc1)N(C)C1CCCCC1. The molecule has 1 saturated carbocycles. The number of amides is 1. The highest BCUT2D eigenvalue weighted by Gasteiger charge is 2.26. The number of rotatable bonds is 4. The van der Waals surface area contributed by atoms with E-state index in [0.29, 0.717) is 11.6 Å². The fourth-order valence-corrected chi connectivity index (χ4v) is 2.86. The zero-order chi connectivity index (χ0) is 15.2. The van der Waals surface area contributed by atoms with Gasteiger partial charge in [0.2, 0.25) is 5.91 Å². The van der Waals surface area contributed by atoms with Gasteiger partial charge >= 0.3 is 0 Å². The highest BCUT2D eigenvalue weighted by atomic mass is 16.2. The minimum absolute atomic E-state index is 0.00720. The number of nitriles is 1. The lowest BCUT2D eigenvalue weighted by atomic mass is 9.93. The molecular weight excluding hydrogens is 262 g/mol. The van der Waals surface area contributed by atoms with Crippen LogP contribution in [0, 0.1) is 11.3 Å². The molecule has 0 saturated heterocycles. The van der Waals surface area contributed by atoms with Crippen molar-refractivity contribution in [3.05, 3.63) is 29.8 Å². The molecule has 2 rings (SSSR count). The van der Waals surface area contributed by atoms with Gasteiger partial charge < -0.3 is 5.32 Å². The maximum absolute atomic E-state index is 12.3.